The van der Waals surface area contributed by atoms with Crippen LogP contribution in [0.15, 0.2) is 12.3 Å². The van der Waals surface area contributed by atoms with Crippen molar-refractivity contribution in [3.63, 3.8) is 0 Å². The first kappa shape index (κ1) is 19.2. The molecule has 128 valence electrons. The summed E-state index contributed by atoms with van der Waals surface area (Å²) >= 11 is 0. The first-order valence-corrected chi connectivity index (χ1v) is 10.9. The second-order valence-electron chi connectivity index (χ2n) is 8.20. The molecular formula is C17H32O4Si. The number of carbonyl (C=O) groups excluding carboxylic acids is 1. The van der Waals surface area contributed by atoms with Crippen LogP contribution in [0.3, 0.4) is 0 Å². The molecule has 0 unspecified atom stereocenters. The Hall–Kier alpha value is -0.813. The predicted molar refractivity (Wildman–Crippen MR) is 91.1 cm³/mol. The lowest BCUT2D eigenvalue weighted by molar-refractivity contribution is -0.176. The van der Waals surface area contributed by atoms with Crippen LogP contribution in [-0.4, -0.2) is 32.1 Å². The van der Waals surface area contributed by atoms with Gasteiger partial charge in [-0.05, 0) is 38.1 Å². The lowest BCUT2D eigenvalue weighted by Crippen LogP contribution is -2.58. The molecule has 5 heteroatoms. The minimum absolute atomic E-state index is 0.0813. The zero-order valence-corrected chi connectivity index (χ0v) is 16.5. The highest BCUT2D eigenvalue weighted by Crippen LogP contribution is 2.42. The van der Waals surface area contributed by atoms with Gasteiger partial charge in [0.15, 0.2) is 14.4 Å². The first-order chi connectivity index (χ1) is 9.80. The Morgan fingerprint density at radius 3 is 2.32 bits per heavy atom. The van der Waals surface area contributed by atoms with E-state index < -0.39 is 20.0 Å². The fraction of sp³-hybridized carbons (Fsp3) is 0.824. The lowest BCUT2D eigenvalue weighted by Gasteiger charge is -2.48. The summed E-state index contributed by atoms with van der Waals surface area (Å²) < 4.78 is 17.9. The molecule has 3 atom stereocenters. The summed E-state index contributed by atoms with van der Waals surface area (Å²) in [5.74, 6) is -0.393. The zero-order valence-electron chi connectivity index (χ0n) is 15.5. The molecule has 1 aliphatic rings. The molecule has 0 saturated carbocycles. The first-order valence-electron chi connectivity index (χ1n) is 8.04. The topological polar surface area (TPSA) is 44.8 Å². The third-order valence-electron chi connectivity index (χ3n) is 4.68. The van der Waals surface area contributed by atoms with Crippen LogP contribution in [0.5, 0.6) is 0 Å². The summed E-state index contributed by atoms with van der Waals surface area (Å²) in [5, 5.41) is 0.0813. The Labute approximate surface area is 136 Å². The van der Waals surface area contributed by atoms with E-state index in [0.29, 0.717) is 0 Å². The number of rotatable bonds is 4. The minimum atomic E-state index is -2.01. The van der Waals surface area contributed by atoms with Crippen molar-refractivity contribution in [1.82, 2.24) is 0 Å². The molecule has 1 rings (SSSR count). The van der Waals surface area contributed by atoms with Gasteiger partial charge in [-0.2, -0.15) is 0 Å². The smallest absolute Gasteiger partial charge is 0.308 e. The molecule has 0 amide bonds. The van der Waals surface area contributed by atoms with Crippen LogP contribution < -0.4 is 0 Å². The normalized spacial score (nSPS) is 29.4. The summed E-state index contributed by atoms with van der Waals surface area (Å²) in [6.07, 6.45) is 2.87. The molecule has 0 aromatic rings. The van der Waals surface area contributed by atoms with Crippen LogP contribution in [0.2, 0.25) is 18.1 Å². The summed E-state index contributed by atoms with van der Waals surface area (Å²) in [6, 6.07) is 0. The minimum Gasteiger partial charge on any atom is -0.495 e. The van der Waals surface area contributed by atoms with Gasteiger partial charge in [-0.1, -0.05) is 34.6 Å². The Bertz CT molecular complexity index is 436. The van der Waals surface area contributed by atoms with Gasteiger partial charge in [0, 0.05) is 0 Å². The third-order valence-corrected chi connectivity index (χ3v) is 9.24. The summed E-state index contributed by atoms with van der Waals surface area (Å²) in [5.41, 5.74) is -0.661. The van der Waals surface area contributed by atoms with Crippen LogP contribution in [0.1, 0.15) is 48.5 Å². The highest BCUT2D eigenvalue weighted by atomic mass is 28.4. The maximum atomic E-state index is 12.1. The fourth-order valence-corrected chi connectivity index (χ4v) is 3.79. The van der Waals surface area contributed by atoms with Crippen molar-refractivity contribution in [3.05, 3.63) is 12.3 Å². The highest BCUT2D eigenvalue weighted by Gasteiger charge is 2.50. The molecule has 0 radical (unpaired) electrons. The average molecular weight is 329 g/mol. The van der Waals surface area contributed by atoms with Gasteiger partial charge in [0.2, 0.25) is 0 Å². The Morgan fingerprint density at radius 1 is 1.32 bits per heavy atom. The lowest BCUT2D eigenvalue weighted by atomic mass is 9.93. The van der Waals surface area contributed by atoms with E-state index in [2.05, 4.69) is 33.9 Å². The largest absolute Gasteiger partial charge is 0.495 e. The van der Waals surface area contributed by atoms with Gasteiger partial charge < -0.3 is 13.9 Å². The van der Waals surface area contributed by atoms with Crippen molar-refractivity contribution >= 4 is 14.3 Å². The van der Waals surface area contributed by atoms with Crippen LogP contribution in [0.25, 0.3) is 0 Å². The quantitative estimate of drug-likeness (QED) is 0.571. The molecule has 22 heavy (non-hydrogen) atoms. The zero-order chi connectivity index (χ0) is 17.3. The van der Waals surface area contributed by atoms with Gasteiger partial charge in [0.05, 0.1) is 12.2 Å². The van der Waals surface area contributed by atoms with E-state index in [1.165, 1.54) is 0 Å². The van der Waals surface area contributed by atoms with E-state index in [1.54, 1.807) is 6.26 Å². The molecule has 1 aliphatic heterocycles. The molecular weight excluding hydrogens is 296 g/mol. The van der Waals surface area contributed by atoms with Gasteiger partial charge in [-0.3, -0.25) is 4.79 Å². The second-order valence-corrected chi connectivity index (χ2v) is 12.9. The van der Waals surface area contributed by atoms with Crippen LogP contribution in [0.4, 0.5) is 0 Å². The van der Waals surface area contributed by atoms with E-state index in [1.807, 2.05) is 33.8 Å². The summed E-state index contributed by atoms with van der Waals surface area (Å²) in [7, 11) is -2.01. The van der Waals surface area contributed by atoms with Gasteiger partial charge in [0.25, 0.3) is 0 Å². The molecule has 0 aromatic carbocycles. The van der Waals surface area contributed by atoms with Gasteiger partial charge >= 0.3 is 5.97 Å². The van der Waals surface area contributed by atoms with Crippen LogP contribution in [0, 0.1) is 5.92 Å². The molecule has 0 N–H and O–H groups in total. The van der Waals surface area contributed by atoms with E-state index in [0.717, 1.165) is 0 Å². The highest BCUT2D eigenvalue weighted by molar-refractivity contribution is 6.74. The number of hydrogen-bond donors (Lipinski definition) is 0. The Kier molecular flexibility index (Phi) is 5.56. The average Bonchev–Trinajstić information content (AvgIpc) is 2.31. The van der Waals surface area contributed by atoms with E-state index >= 15 is 0 Å². The van der Waals surface area contributed by atoms with Gasteiger partial charge in [-0.15, -0.1) is 0 Å². The van der Waals surface area contributed by atoms with Gasteiger partial charge in [0.1, 0.15) is 11.7 Å². The Balaban J connectivity index is 3.07. The maximum absolute atomic E-state index is 12.1. The van der Waals surface area contributed by atoms with Gasteiger partial charge in [-0.25, -0.2) is 0 Å². The molecule has 0 fully saturated rings. The fourth-order valence-electron chi connectivity index (χ4n) is 2.20. The molecule has 0 aliphatic carbocycles. The van der Waals surface area contributed by atoms with Crippen LogP contribution >= 0.6 is 0 Å². The van der Waals surface area contributed by atoms with Crippen molar-refractivity contribution in [2.24, 2.45) is 5.92 Å². The molecule has 0 aromatic heterocycles. The Morgan fingerprint density at radius 2 is 1.86 bits per heavy atom. The van der Waals surface area contributed by atoms with E-state index in [4.69, 9.17) is 13.9 Å². The molecule has 0 spiro atoms. The second kappa shape index (κ2) is 6.36. The summed E-state index contributed by atoms with van der Waals surface area (Å²) in [4.78, 5) is 12.1. The number of esters is 1. The van der Waals surface area contributed by atoms with E-state index in [9.17, 15) is 4.79 Å². The van der Waals surface area contributed by atoms with Crippen molar-refractivity contribution in [2.45, 2.75) is 84.4 Å². The third kappa shape index (κ3) is 4.13. The molecule has 0 saturated heterocycles. The van der Waals surface area contributed by atoms with Crippen molar-refractivity contribution < 1.29 is 18.7 Å². The van der Waals surface area contributed by atoms with E-state index in [-0.39, 0.29) is 23.0 Å². The molecule has 1 heterocycles. The van der Waals surface area contributed by atoms with Crippen molar-refractivity contribution in [3.8, 4) is 0 Å². The van der Waals surface area contributed by atoms with Crippen molar-refractivity contribution in [1.29, 1.82) is 0 Å². The molecule has 0 bridgehead atoms. The SMILES string of the molecule is CC(C)C(=O)O[C@H]1[C@H](C)OC=C[C@]1(C)O[Si](C)(C)C(C)(C)C. The number of carbonyl (C=O) groups is 1. The monoisotopic (exact) mass is 328 g/mol. The van der Waals surface area contributed by atoms with Crippen LogP contribution in [-0.2, 0) is 18.7 Å². The summed E-state index contributed by atoms with van der Waals surface area (Å²) in [6.45, 7) is 18.6. The predicted octanol–water partition coefficient (Wildman–Crippen LogP) is 4.27. The number of ether oxygens (including phenoxy) is 2. The number of hydrogen-bond acceptors (Lipinski definition) is 4. The maximum Gasteiger partial charge on any atom is 0.308 e. The molecule has 4 nitrogen and oxygen atoms in total. The standard InChI is InChI=1S/C17H32O4Si/c1-12(2)15(18)20-14-13(3)19-11-10-17(14,7)21-22(8,9)16(4,5)6/h10-14H,1-9H3/t13-,14-,17-/m0/s1. The van der Waals surface area contributed by atoms with Crippen molar-refractivity contribution in [2.75, 3.05) is 0 Å².